The lowest BCUT2D eigenvalue weighted by molar-refractivity contribution is -0.129. The summed E-state index contributed by atoms with van der Waals surface area (Å²) in [6.45, 7) is 0.431. The van der Waals surface area contributed by atoms with E-state index in [0.29, 0.717) is 35.3 Å². The number of nitrogens with zero attached hydrogens (tertiary/aromatic N) is 2. The smallest absolute Gasteiger partial charge is 0.242 e. The third kappa shape index (κ3) is 5.53. The molecule has 170 valence electrons. The van der Waals surface area contributed by atoms with Crippen molar-refractivity contribution in [1.82, 2.24) is 10.2 Å². The Morgan fingerprint density at radius 1 is 1.06 bits per heavy atom. The Morgan fingerprint density at radius 2 is 1.78 bits per heavy atom. The molecule has 1 aliphatic heterocycles. The highest BCUT2D eigenvalue weighted by atomic mass is 32.2. The Labute approximate surface area is 191 Å². The molecule has 0 saturated carbocycles. The summed E-state index contributed by atoms with van der Waals surface area (Å²) in [5, 5.41) is 2.66. The van der Waals surface area contributed by atoms with E-state index in [4.69, 9.17) is 14.2 Å². The van der Waals surface area contributed by atoms with Crippen LogP contribution in [0.25, 0.3) is 0 Å². The summed E-state index contributed by atoms with van der Waals surface area (Å²) in [5.74, 6) is 1.72. The van der Waals surface area contributed by atoms with Crippen LogP contribution in [0.1, 0.15) is 12.0 Å². The molecule has 2 amide bonds. The van der Waals surface area contributed by atoms with Crippen LogP contribution in [0.2, 0.25) is 0 Å². The van der Waals surface area contributed by atoms with E-state index < -0.39 is 5.25 Å². The number of aliphatic imine (C=N–C) groups is 1. The van der Waals surface area contributed by atoms with Gasteiger partial charge < -0.3 is 19.5 Å². The van der Waals surface area contributed by atoms with Gasteiger partial charge in [-0.1, -0.05) is 17.8 Å². The molecule has 3 rings (SSSR count). The molecule has 1 aliphatic rings. The molecule has 1 heterocycles. The minimum atomic E-state index is -0.502. The Kier molecular flexibility index (Phi) is 7.99. The minimum Gasteiger partial charge on any atom is -0.497 e. The fraction of sp³-hybridized carbons (Fsp3) is 0.348. The van der Waals surface area contributed by atoms with E-state index >= 15 is 0 Å². The zero-order chi connectivity index (χ0) is 23.1. The van der Waals surface area contributed by atoms with E-state index in [1.54, 1.807) is 33.3 Å². The van der Waals surface area contributed by atoms with Crippen LogP contribution in [-0.4, -0.2) is 62.1 Å². The number of benzene rings is 2. The Bertz CT molecular complexity index is 994. The number of hydrogen-bond donors (Lipinski definition) is 1. The van der Waals surface area contributed by atoms with Gasteiger partial charge in [0.25, 0.3) is 0 Å². The number of ether oxygens (including phenoxy) is 3. The SMILES string of the molecule is CNC(=O)C[C@@H]1SC(=Nc2ccc(OC)cc2)N(CCc2ccc(OC)c(OC)c2)C1=O. The first kappa shape index (κ1) is 23.5. The highest BCUT2D eigenvalue weighted by molar-refractivity contribution is 8.15. The lowest BCUT2D eigenvalue weighted by atomic mass is 10.1. The second kappa shape index (κ2) is 10.9. The molecular formula is C23H27N3O5S. The van der Waals surface area contributed by atoms with Crippen LogP contribution in [0.5, 0.6) is 17.2 Å². The van der Waals surface area contributed by atoms with Crippen molar-refractivity contribution in [2.45, 2.75) is 18.1 Å². The molecule has 2 aromatic carbocycles. The number of rotatable bonds is 9. The zero-order valence-electron chi connectivity index (χ0n) is 18.6. The molecule has 1 saturated heterocycles. The monoisotopic (exact) mass is 457 g/mol. The van der Waals surface area contributed by atoms with Crippen LogP contribution in [0.15, 0.2) is 47.5 Å². The molecule has 0 spiro atoms. The maximum absolute atomic E-state index is 13.1. The zero-order valence-corrected chi connectivity index (χ0v) is 19.4. The van der Waals surface area contributed by atoms with E-state index in [-0.39, 0.29) is 18.2 Å². The Balaban J connectivity index is 1.82. The van der Waals surface area contributed by atoms with Gasteiger partial charge in [-0.25, -0.2) is 4.99 Å². The minimum absolute atomic E-state index is 0.106. The van der Waals surface area contributed by atoms with Crippen molar-refractivity contribution in [3.8, 4) is 17.2 Å². The van der Waals surface area contributed by atoms with E-state index in [1.165, 1.54) is 11.8 Å². The van der Waals surface area contributed by atoms with Crippen LogP contribution in [-0.2, 0) is 16.0 Å². The lowest BCUT2D eigenvalue weighted by Crippen LogP contribution is -2.35. The number of carbonyl (C=O) groups excluding carboxylic acids is 2. The summed E-state index contributed by atoms with van der Waals surface area (Å²) in [6, 6.07) is 13.0. The van der Waals surface area contributed by atoms with E-state index in [0.717, 1.165) is 11.3 Å². The number of amides is 2. The summed E-state index contributed by atoms with van der Waals surface area (Å²) >= 11 is 1.31. The molecular weight excluding hydrogens is 430 g/mol. The standard InChI is InChI=1S/C23H27N3O5S/c1-24-21(27)14-20-22(28)26(12-11-15-5-10-18(30-3)19(13-15)31-4)23(32-20)25-16-6-8-17(29-2)9-7-16/h5-10,13,20H,11-12,14H2,1-4H3,(H,24,27)/t20-/m0/s1. The van der Waals surface area contributed by atoms with Crippen molar-refractivity contribution in [1.29, 1.82) is 0 Å². The van der Waals surface area contributed by atoms with Crippen LogP contribution in [0, 0.1) is 0 Å². The van der Waals surface area contributed by atoms with Gasteiger partial charge in [0.1, 0.15) is 11.0 Å². The van der Waals surface area contributed by atoms with Crippen molar-refractivity contribution in [3.05, 3.63) is 48.0 Å². The second-order valence-corrected chi connectivity index (χ2v) is 8.18. The average Bonchev–Trinajstić information content (AvgIpc) is 3.11. The Morgan fingerprint density at radius 3 is 2.41 bits per heavy atom. The number of carbonyl (C=O) groups is 2. The first-order valence-corrected chi connectivity index (χ1v) is 11.0. The summed E-state index contributed by atoms with van der Waals surface area (Å²) in [7, 11) is 6.34. The van der Waals surface area contributed by atoms with E-state index in [2.05, 4.69) is 10.3 Å². The molecule has 0 radical (unpaired) electrons. The number of thioether (sulfide) groups is 1. The molecule has 1 fully saturated rings. The average molecular weight is 458 g/mol. The van der Waals surface area contributed by atoms with E-state index in [9.17, 15) is 9.59 Å². The molecule has 32 heavy (non-hydrogen) atoms. The summed E-state index contributed by atoms with van der Waals surface area (Å²) in [6.07, 6.45) is 0.704. The third-order valence-corrected chi connectivity index (χ3v) is 6.21. The van der Waals surface area contributed by atoms with Gasteiger partial charge in [-0.2, -0.15) is 0 Å². The van der Waals surface area contributed by atoms with Gasteiger partial charge in [-0.15, -0.1) is 0 Å². The molecule has 8 nitrogen and oxygen atoms in total. The molecule has 1 N–H and O–H groups in total. The van der Waals surface area contributed by atoms with Crippen molar-refractivity contribution < 1.29 is 23.8 Å². The quantitative estimate of drug-likeness (QED) is 0.623. The summed E-state index contributed by atoms with van der Waals surface area (Å²) < 4.78 is 15.9. The van der Waals surface area contributed by atoms with Crippen molar-refractivity contribution in [2.75, 3.05) is 34.9 Å². The molecule has 1 atom stereocenters. The van der Waals surface area contributed by atoms with Crippen LogP contribution >= 0.6 is 11.8 Å². The molecule has 9 heteroatoms. The fourth-order valence-electron chi connectivity index (χ4n) is 3.25. The van der Waals surface area contributed by atoms with Crippen LogP contribution in [0.3, 0.4) is 0 Å². The van der Waals surface area contributed by atoms with Gasteiger partial charge in [0.15, 0.2) is 16.7 Å². The van der Waals surface area contributed by atoms with Gasteiger partial charge in [-0.3, -0.25) is 14.5 Å². The Hall–Kier alpha value is -3.20. The number of hydrogen-bond acceptors (Lipinski definition) is 7. The predicted molar refractivity (Wildman–Crippen MR) is 125 cm³/mol. The van der Waals surface area contributed by atoms with Gasteiger partial charge in [0.05, 0.1) is 27.0 Å². The highest BCUT2D eigenvalue weighted by Gasteiger charge is 2.38. The number of amidine groups is 1. The topological polar surface area (TPSA) is 89.5 Å². The first-order valence-electron chi connectivity index (χ1n) is 10.1. The highest BCUT2D eigenvalue weighted by Crippen LogP contribution is 2.33. The van der Waals surface area contributed by atoms with Gasteiger partial charge in [0, 0.05) is 20.0 Å². The van der Waals surface area contributed by atoms with Gasteiger partial charge >= 0.3 is 0 Å². The lowest BCUT2D eigenvalue weighted by Gasteiger charge is -2.17. The van der Waals surface area contributed by atoms with E-state index in [1.807, 2.05) is 42.5 Å². The van der Waals surface area contributed by atoms with Crippen molar-refractivity contribution in [3.63, 3.8) is 0 Å². The van der Waals surface area contributed by atoms with Gasteiger partial charge in [0.2, 0.25) is 11.8 Å². The van der Waals surface area contributed by atoms with Crippen LogP contribution in [0.4, 0.5) is 5.69 Å². The molecule has 0 aliphatic carbocycles. The van der Waals surface area contributed by atoms with Crippen LogP contribution < -0.4 is 19.5 Å². The molecule has 0 aromatic heterocycles. The summed E-state index contributed by atoms with van der Waals surface area (Å²) in [4.78, 5) is 31.3. The maximum Gasteiger partial charge on any atom is 0.242 e. The fourth-order valence-corrected chi connectivity index (χ4v) is 4.43. The second-order valence-electron chi connectivity index (χ2n) is 7.01. The predicted octanol–water partition coefficient (Wildman–Crippen LogP) is 3.02. The molecule has 0 bridgehead atoms. The van der Waals surface area contributed by atoms with Gasteiger partial charge in [-0.05, 0) is 48.4 Å². The molecule has 2 aromatic rings. The summed E-state index contributed by atoms with van der Waals surface area (Å²) in [5.41, 5.74) is 1.71. The largest absolute Gasteiger partial charge is 0.497 e. The first-order chi connectivity index (χ1) is 15.5. The number of methoxy groups -OCH3 is 3. The molecule has 0 unspecified atom stereocenters. The number of nitrogens with one attached hydrogen (secondary N) is 1. The third-order valence-electron chi connectivity index (χ3n) is 5.04. The van der Waals surface area contributed by atoms with Crippen molar-refractivity contribution in [2.24, 2.45) is 4.99 Å². The normalized spacial score (nSPS) is 16.9. The maximum atomic E-state index is 13.1. The van der Waals surface area contributed by atoms with Crippen molar-refractivity contribution >= 4 is 34.4 Å².